The van der Waals surface area contributed by atoms with E-state index in [9.17, 15) is 19.7 Å². The lowest BCUT2D eigenvalue weighted by Crippen LogP contribution is -2.45. The van der Waals surface area contributed by atoms with Gasteiger partial charge in [-0.15, -0.1) is 0 Å². The summed E-state index contributed by atoms with van der Waals surface area (Å²) < 4.78 is 0. The van der Waals surface area contributed by atoms with Crippen LogP contribution >= 0.6 is 11.6 Å². The molecule has 0 aliphatic carbocycles. The van der Waals surface area contributed by atoms with Crippen LogP contribution in [0.2, 0.25) is 5.02 Å². The van der Waals surface area contributed by atoms with E-state index in [1.807, 2.05) is 0 Å². The number of nitro benzene ring substituents is 1. The van der Waals surface area contributed by atoms with E-state index >= 15 is 0 Å². The number of carboxylic acid groups (broad SMARTS) is 1. The fraction of sp³-hybridized carbons (Fsp3) is 0.385. The number of benzene rings is 1. The molecule has 0 saturated heterocycles. The average molecular weight is 315 g/mol. The summed E-state index contributed by atoms with van der Waals surface area (Å²) in [6.07, 6.45) is 0.555. The Labute approximate surface area is 126 Å². The number of nitrogens with zero attached hydrogens (tertiary/aromatic N) is 1. The molecule has 1 amide bonds. The average Bonchev–Trinajstić information content (AvgIpc) is 2.43. The van der Waals surface area contributed by atoms with Gasteiger partial charge in [0.25, 0.3) is 11.6 Å². The maximum absolute atomic E-state index is 12.1. The van der Waals surface area contributed by atoms with E-state index in [2.05, 4.69) is 5.32 Å². The highest BCUT2D eigenvalue weighted by atomic mass is 35.5. The zero-order chi connectivity index (χ0) is 16.2. The van der Waals surface area contributed by atoms with Crippen LogP contribution in [-0.4, -0.2) is 27.9 Å². The molecule has 0 saturated carbocycles. The van der Waals surface area contributed by atoms with E-state index < -0.39 is 22.8 Å². The third kappa shape index (κ3) is 4.16. The molecule has 0 aliphatic heterocycles. The van der Waals surface area contributed by atoms with Crippen LogP contribution in [-0.2, 0) is 4.79 Å². The van der Waals surface area contributed by atoms with Crippen LogP contribution in [0.5, 0.6) is 0 Å². The minimum Gasteiger partial charge on any atom is -0.480 e. The van der Waals surface area contributed by atoms with E-state index in [-0.39, 0.29) is 22.2 Å². The molecule has 8 heteroatoms. The summed E-state index contributed by atoms with van der Waals surface area (Å²) in [6.45, 7) is 3.49. The zero-order valence-corrected chi connectivity index (χ0v) is 12.3. The summed E-state index contributed by atoms with van der Waals surface area (Å²) in [5.41, 5.74) is -0.416. The van der Waals surface area contributed by atoms with Crippen molar-refractivity contribution >= 4 is 29.2 Å². The van der Waals surface area contributed by atoms with E-state index in [1.54, 1.807) is 13.8 Å². The SMILES string of the molecule is CCC(C)C(NC(=O)c1cc([N+](=O)[O-])ccc1Cl)C(=O)O. The van der Waals surface area contributed by atoms with Crippen LogP contribution in [0, 0.1) is 16.0 Å². The first-order valence-corrected chi connectivity index (χ1v) is 6.63. The number of rotatable bonds is 6. The predicted molar refractivity (Wildman–Crippen MR) is 76.5 cm³/mol. The Bertz CT molecular complexity index is 576. The van der Waals surface area contributed by atoms with Gasteiger partial charge < -0.3 is 10.4 Å². The lowest BCUT2D eigenvalue weighted by Gasteiger charge is -2.20. The van der Waals surface area contributed by atoms with Gasteiger partial charge in [0.1, 0.15) is 6.04 Å². The highest BCUT2D eigenvalue weighted by molar-refractivity contribution is 6.34. The first-order chi connectivity index (χ1) is 9.77. The standard InChI is InChI=1S/C13H15ClN2O5/c1-3-7(2)11(13(18)19)15-12(17)9-6-8(16(20)21)4-5-10(9)14/h4-7,11H,3H2,1-2H3,(H,15,17)(H,18,19). The molecule has 21 heavy (non-hydrogen) atoms. The Hall–Kier alpha value is -2.15. The van der Waals surface area contributed by atoms with Gasteiger partial charge in [-0.25, -0.2) is 4.79 Å². The van der Waals surface area contributed by atoms with Gasteiger partial charge in [-0.3, -0.25) is 14.9 Å². The Kier molecular flexibility index (Phi) is 5.66. The summed E-state index contributed by atoms with van der Waals surface area (Å²) in [5.74, 6) is -2.21. The molecule has 0 spiro atoms. The molecule has 0 fully saturated rings. The number of amides is 1. The van der Waals surface area contributed by atoms with Gasteiger partial charge >= 0.3 is 5.97 Å². The van der Waals surface area contributed by atoms with Crippen LogP contribution in [0.15, 0.2) is 18.2 Å². The summed E-state index contributed by atoms with van der Waals surface area (Å²) in [6, 6.07) is 2.33. The minimum atomic E-state index is -1.17. The third-order valence-corrected chi connectivity index (χ3v) is 3.50. The van der Waals surface area contributed by atoms with E-state index in [1.165, 1.54) is 12.1 Å². The molecule has 2 N–H and O–H groups in total. The summed E-state index contributed by atoms with van der Waals surface area (Å²) in [7, 11) is 0. The van der Waals surface area contributed by atoms with E-state index in [0.717, 1.165) is 6.07 Å². The number of carbonyl (C=O) groups excluding carboxylic acids is 1. The van der Waals surface area contributed by atoms with Crippen molar-refractivity contribution < 1.29 is 19.6 Å². The quantitative estimate of drug-likeness (QED) is 0.619. The normalized spacial score (nSPS) is 13.3. The third-order valence-electron chi connectivity index (χ3n) is 3.17. The van der Waals surface area contributed by atoms with Crippen molar-refractivity contribution in [1.29, 1.82) is 0 Å². The van der Waals surface area contributed by atoms with Crippen LogP contribution in [0.3, 0.4) is 0 Å². The highest BCUT2D eigenvalue weighted by Gasteiger charge is 2.27. The molecular formula is C13H15ClN2O5. The Morgan fingerprint density at radius 3 is 2.57 bits per heavy atom. The number of hydrogen-bond acceptors (Lipinski definition) is 4. The number of carbonyl (C=O) groups is 2. The van der Waals surface area contributed by atoms with Crippen molar-refractivity contribution in [1.82, 2.24) is 5.32 Å². The van der Waals surface area contributed by atoms with Crippen LogP contribution in [0.25, 0.3) is 0 Å². The fourth-order valence-corrected chi connectivity index (χ4v) is 1.91. The van der Waals surface area contributed by atoms with Gasteiger partial charge in [-0.2, -0.15) is 0 Å². The summed E-state index contributed by atoms with van der Waals surface area (Å²) in [4.78, 5) is 33.3. The first kappa shape index (κ1) is 16.9. The van der Waals surface area contributed by atoms with Gasteiger partial charge in [0.15, 0.2) is 0 Å². The minimum absolute atomic E-state index is 0.0198. The monoisotopic (exact) mass is 314 g/mol. The number of non-ortho nitro benzene ring substituents is 1. The van der Waals surface area contributed by atoms with Gasteiger partial charge in [0.05, 0.1) is 15.5 Å². The van der Waals surface area contributed by atoms with Crippen LogP contribution < -0.4 is 5.32 Å². The maximum Gasteiger partial charge on any atom is 0.326 e. The lowest BCUT2D eigenvalue weighted by molar-refractivity contribution is -0.384. The highest BCUT2D eigenvalue weighted by Crippen LogP contribution is 2.22. The lowest BCUT2D eigenvalue weighted by atomic mass is 9.99. The molecule has 0 radical (unpaired) electrons. The van der Waals surface area contributed by atoms with Gasteiger partial charge in [-0.05, 0) is 12.0 Å². The molecule has 0 aliphatic rings. The summed E-state index contributed by atoms with van der Waals surface area (Å²) in [5, 5.41) is 22.2. The molecule has 1 rings (SSSR count). The molecule has 114 valence electrons. The second-order valence-electron chi connectivity index (χ2n) is 4.60. The molecule has 2 unspecified atom stereocenters. The second-order valence-corrected chi connectivity index (χ2v) is 5.00. The van der Waals surface area contributed by atoms with Crippen molar-refractivity contribution in [3.05, 3.63) is 38.9 Å². The van der Waals surface area contributed by atoms with Crippen molar-refractivity contribution in [2.75, 3.05) is 0 Å². The predicted octanol–water partition coefficient (Wildman–Crippen LogP) is 2.48. The topological polar surface area (TPSA) is 110 Å². The number of carboxylic acids is 1. The Morgan fingerprint density at radius 2 is 2.10 bits per heavy atom. The van der Waals surface area contributed by atoms with E-state index in [4.69, 9.17) is 16.7 Å². The first-order valence-electron chi connectivity index (χ1n) is 6.25. The van der Waals surface area contributed by atoms with Crippen molar-refractivity contribution in [2.45, 2.75) is 26.3 Å². The molecule has 1 aromatic rings. The molecule has 7 nitrogen and oxygen atoms in total. The van der Waals surface area contributed by atoms with Crippen molar-refractivity contribution in [3.63, 3.8) is 0 Å². The summed E-state index contributed by atoms with van der Waals surface area (Å²) >= 11 is 5.84. The molecule has 0 aromatic heterocycles. The molecular weight excluding hydrogens is 300 g/mol. The second kappa shape index (κ2) is 7.03. The van der Waals surface area contributed by atoms with Crippen molar-refractivity contribution in [2.24, 2.45) is 5.92 Å². The van der Waals surface area contributed by atoms with Crippen LogP contribution in [0.4, 0.5) is 5.69 Å². The molecule has 1 aromatic carbocycles. The smallest absolute Gasteiger partial charge is 0.326 e. The number of aliphatic carboxylic acids is 1. The fourth-order valence-electron chi connectivity index (χ4n) is 1.70. The van der Waals surface area contributed by atoms with E-state index in [0.29, 0.717) is 6.42 Å². The van der Waals surface area contributed by atoms with Gasteiger partial charge in [-0.1, -0.05) is 31.9 Å². The number of nitrogens with one attached hydrogen (secondary N) is 1. The van der Waals surface area contributed by atoms with Crippen LogP contribution in [0.1, 0.15) is 30.6 Å². The number of nitro groups is 1. The largest absolute Gasteiger partial charge is 0.480 e. The number of hydrogen-bond donors (Lipinski definition) is 2. The molecule has 2 atom stereocenters. The van der Waals surface area contributed by atoms with Crippen molar-refractivity contribution in [3.8, 4) is 0 Å². The van der Waals surface area contributed by atoms with Gasteiger partial charge in [0, 0.05) is 12.1 Å². The number of halogens is 1. The molecule has 0 bridgehead atoms. The zero-order valence-electron chi connectivity index (χ0n) is 11.5. The van der Waals surface area contributed by atoms with Gasteiger partial charge in [0.2, 0.25) is 0 Å². The Balaban J connectivity index is 3.05. The maximum atomic E-state index is 12.1. The molecule has 0 heterocycles. The Morgan fingerprint density at radius 1 is 1.48 bits per heavy atom.